The maximum Gasteiger partial charge on any atom is 0.137 e. The summed E-state index contributed by atoms with van der Waals surface area (Å²) in [5.74, 6) is 0. The van der Waals surface area contributed by atoms with E-state index in [1.165, 1.54) is 16.6 Å². The van der Waals surface area contributed by atoms with E-state index < -0.39 is 0 Å². The molecule has 3 aromatic heterocycles. The van der Waals surface area contributed by atoms with Gasteiger partial charge in [-0.2, -0.15) is 0 Å². The van der Waals surface area contributed by atoms with E-state index in [4.69, 9.17) is 4.74 Å². The number of likely N-dealkylation sites (N-methyl/N-ethyl adjacent to an activating group) is 1. The van der Waals surface area contributed by atoms with Gasteiger partial charge < -0.3 is 14.6 Å². The van der Waals surface area contributed by atoms with E-state index in [0.29, 0.717) is 0 Å². The van der Waals surface area contributed by atoms with Crippen molar-refractivity contribution < 1.29 is 4.74 Å². The van der Waals surface area contributed by atoms with Crippen molar-refractivity contribution in [1.29, 1.82) is 0 Å². The van der Waals surface area contributed by atoms with E-state index in [1.807, 2.05) is 30.6 Å². The minimum absolute atomic E-state index is 0.174. The van der Waals surface area contributed by atoms with Crippen molar-refractivity contribution in [3.05, 3.63) is 59.7 Å². The molecule has 0 unspecified atom stereocenters. The van der Waals surface area contributed by atoms with E-state index in [-0.39, 0.29) is 6.10 Å². The fraction of sp³-hybridized carbons (Fsp3) is 0.400. The van der Waals surface area contributed by atoms with E-state index >= 15 is 0 Å². The summed E-state index contributed by atoms with van der Waals surface area (Å²) in [4.78, 5) is 14.8. The molecule has 0 radical (unpaired) electrons. The molecule has 1 atom stereocenters. The number of H-pyrrole nitrogens is 1. The van der Waals surface area contributed by atoms with Crippen LogP contribution in [0.25, 0.3) is 11.0 Å². The first-order chi connectivity index (χ1) is 12.3. The zero-order valence-corrected chi connectivity index (χ0v) is 14.6. The summed E-state index contributed by atoms with van der Waals surface area (Å²) < 4.78 is 5.93. The molecule has 3 aromatic rings. The Kier molecular flexibility index (Phi) is 4.76. The quantitative estimate of drug-likeness (QED) is 0.749. The molecule has 1 fully saturated rings. The molecule has 25 heavy (non-hydrogen) atoms. The zero-order valence-electron chi connectivity index (χ0n) is 14.6. The molecule has 0 aromatic carbocycles. The Morgan fingerprint density at radius 2 is 2.12 bits per heavy atom. The summed E-state index contributed by atoms with van der Waals surface area (Å²) in [6.07, 6.45) is 7.03. The number of hydrogen-bond donors (Lipinski definition) is 1. The van der Waals surface area contributed by atoms with Gasteiger partial charge in [-0.3, -0.25) is 4.98 Å². The lowest BCUT2D eigenvalue weighted by molar-refractivity contribution is 0.108. The van der Waals surface area contributed by atoms with Gasteiger partial charge >= 0.3 is 0 Å². The lowest BCUT2D eigenvalue weighted by Gasteiger charge is -2.18. The Hall–Kier alpha value is -2.24. The fourth-order valence-corrected chi connectivity index (χ4v) is 3.55. The van der Waals surface area contributed by atoms with Crippen LogP contribution in [0.3, 0.4) is 0 Å². The second kappa shape index (κ2) is 7.33. The second-order valence-electron chi connectivity index (χ2n) is 6.73. The zero-order chi connectivity index (χ0) is 17.1. The number of nitrogens with zero attached hydrogens (tertiary/aromatic N) is 3. The van der Waals surface area contributed by atoms with Crippen LogP contribution in [0, 0.1) is 0 Å². The van der Waals surface area contributed by atoms with Gasteiger partial charge in [0.25, 0.3) is 0 Å². The van der Waals surface area contributed by atoms with Gasteiger partial charge in [0, 0.05) is 49.6 Å². The molecule has 1 aliphatic rings. The van der Waals surface area contributed by atoms with Crippen LogP contribution in [-0.2, 0) is 17.7 Å². The molecule has 1 aliphatic heterocycles. The van der Waals surface area contributed by atoms with Crippen LogP contribution >= 0.6 is 0 Å². The summed E-state index contributed by atoms with van der Waals surface area (Å²) in [6.45, 7) is 2.70. The summed E-state index contributed by atoms with van der Waals surface area (Å²) in [6, 6.07) is 10.2. The Morgan fingerprint density at radius 1 is 1.20 bits per heavy atom. The molecular weight excluding hydrogens is 312 g/mol. The van der Waals surface area contributed by atoms with Gasteiger partial charge in [0.15, 0.2) is 0 Å². The molecular formula is C20H24N4O. The Labute approximate surface area is 148 Å². The number of aromatic nitrogens is 3. The molecule has 1 saturated heterocycles. The fourth-order valence-electron chi connectivity index (χ4n) is 3.55. The number of rotatable bonds is 6. The van der Waals surface area contributed by atoms with E-state index in [2.05, 4.69) is 39.0 Å². The van der Waals surface area contributed by atoms with Crippen molar-refractivity contribution >= 4 is 11.0 Å². The van der Waals surface area contributed by atoms with Crippen molar-refractivity contribution in [2.24, 2.45) is 0 Å². The molecule has 4 rings (SSSR count). The third-order valence-electron chi connectivity index (χ3n) is 4.87. The monoisotopic (exact) mass is 336 g/mol. The second-order valence-corrected chi connectivity index (χ2v) is 6.73. The predicted octanol–water partition coefficient (Wildman–Crippen LogP) is 3.48. The van der Waals surface area contributed by atoms with Crippen LogP contribution < -0.4 is 0 Å². The van der Waals surface area contributed by atoms with E-state index in [9.17, 15) is 0 Å². The number of ether oxygens (including phenoxy) is 1. The minimum Gasteiger partial charge on any atom is -0.372 e. The number of fused-ring (bicyclic) bond motifs is 1. The lowest BCUT2D eigenvalue weighted by atomic mass is 10.1. The first kappa shape index (κ1) is 16.2. The summed E-state index contributed by atoms with van der Waals surface area (Å²) in [5.41, 5.74) is 4.62. The topological polar surface area (TPSA) is 54.0 Å². The van der Waals surface area contributed by atoms with Gasteiger partial charge in [-0.25, -0.2) is 4.98 Å². The van der Waals surface area contributed by atoms with Crippen LogP contribution in [-0.4, -0.2) is 40.1 Å². The van der Waals surface area contributed by atoms with Gasteiger partial charge in [-0.15, -0.1) is 0 Å². The van der Waals surface area contributed by atoms with E-state index in [0.717, 1.165) is 50.3 Å². The van der Waals surface area contributed by atoms with Crippen molar-refractivity contribution in [1.82, 2.24) is 19.9 Å². The Morgan fingerprint density at radius 3 is 2.92 bits per heavy atom. The van der Waals surface area contributed by atoms with Gasteiger partial charge in [-0.05, 0) is 49.7 Å². The highest BCUT2D eigenvalue weighted by molar-refractivity contribution is 5.81. The van der Waals surface area contributed by atoms with Crippen molar-refractivity contribution in [3.63, 3.8) is 0 Å². The van der Waals surface area contributed by atoms with Crippen LogP contribution in [0.2, 0.25) is 0 Å². The molecule has 0 saturated carbocycles. The van der Waals surface area contributed by atoms with Crippen LogP contribution in [0.15, 0.2) is 42.7 Å². The minimum atomic E-state index is 0.174. The SMILES string of the molecule is CN(CCc1ccccn1)Cc1c([C@@H]2CCCO2)[nH]c2ncccc12. The summed E-state index contributed by atoms with van der Waals surface area (Å²) in [5, 5.41) is 1.21. The third-order valence-corrected chi connectivity index (χ3v) is 4.87. The van der Waals surface area contributed by atoms with Gasteiger partial charge in [-0.1, -0.05) is 6.07 Å². The molecule has 4 heterocycles. The Bertz CT molecular complexity index is 824. The average molecular weight is 336 g/mol. The van der Waals surface area contributed by atoms with Crippen molar-refractivity contribution in [2.75, 3.05) is 20.2 Å². The third kappa shape index (κ3) is 3.57. The highest BCUT2D eigenvalue weighted by atomic mass is 16.5. The highest BCUT2D eigenvalue weighted by Gasteiger charge is 2.24. The first-order valence-corrected chi connectivity index (χ1v) is 8.97. The molecule has 0 bridgehead atoms. The maximum atomic E-state index is 5.93. The maximum absolute atomic E-state index is 5.93. The first-order valence-electron chi connectivity index (χ1n) is 8.97. The molecule has 5 heteroatoms. The van der Waals surface area contributed by atoms with Crippen LogP contribution in [0.1, 0.15) is 35.9 Å². The van der Waals surface area contributed by atoms with Crippen LogP contribution in [0.4, 0.5) is 0 Å². The number of nitrogens with one attached hydrogen (secondary N) is 1. The van der Waals surface area contributed by atoms with E-state index in [1.54, 1.807) is 0 Å². The van der Waals surface area contributed by atoms with Crippen LogP contribution in [0.5, 0.6) is 0 Å². The molecule has 130 valence electrons. The summed E-state index contributed by atoms with van der Waals surface area (Å²) >= 11 is 0. The number of pyridine rings is 2. The number of hydrogen-bond acceptors (Lipinski definition) is 4. The lowest BCUT2D eigenvalue weighted by Crippen LogP contribution is -2.22. The smallest absolute Gasteiger partial charge is 0.137 e. The Balaban J connectivity index is 1.54. The van der Waals surface area contributed by atoms with Crippen molar-refractivity contribution in [3.8, 4) is 0 Å². The molecule has 0 spiro atoms. The van der Waals surface area contributed by atoms with Gasteiger partial charge in [0.2, 0.25) is 0 Å². The van der Waals surface area contributed by atoms with Gasteiger partial charge in [0.1, 0.15) is 5.65 Å². The van der Waals surface area contributed by atoms with Gasteiger partial charge in [0.05, 0.1) is 11.8 Å². The molecule has 0 amide bonds. The van der Waals surface area contributed by atoms with Crippen molar-refractivity contribution in [2.45, 2.75) is 31.9 Å². The molecule has 1 N–H and O–H groups in total. The number of aromatic amines is 1. The molecule has 5 nitrogen and oxygen atoms in total. The summed E-state index contributed by atoms with van der Waals surface area (Å²) in [7, 11) is 2.16. The predicted molar refractivity (Wildman–Crippen MR) is 98.3 cm³/mol. The largest absolute Gasteiger partial charge is 0.372 e. The normalized spacial score (nSPS) is 17.6. The standard InChI is InChI=1S/C20H24N4O/c1-24(12-9-15-6-2-3-10-21-15)14-17-16-7-4-11-22-20(16)23-19(17)18-8-5-13-25-18/h2-4,6-7,10-11,18H,5,8-9,12-14H2,1H3,(H,22,23)/t18-/m0/s1. The highest BCUT2D eigenvalue weighted by Crippen LogP contribution is 2.34. The molecule has 0 aliphatic carbocycles. The average Bonchev–Trinajstić information content (AvgIpc) is 3.29.